The molecule has 174 valence electrons. The molecule has 0 spiro atoms. The third kappa shape index (κ3) is 5.78. The molecule has 0 atom stereocenters. The number of hydrogen-bond acceptors (Lipinski definition) is 4. The lowest BCUT2D eigenvalue weighted by Crippen LogP contribution is -2.27. The van der Waals surface area contributed by atoms with E-state index in [1.54, 1.807) is 29.9 Å². The van der Waals surface area contributed by atoms with Crippen LogP contribution in [0.2, 0.25) is 0 Å². The first-order valence-electron chi connectivity index (χ1n) is 10.9. The number of nitrogens with zero attached hydrogens (tertiary/aromatic N) is 2. The summed E-state index contributed by atoms with van der Waals surface area (Å²) in [5, 5.41) is 7.22. The molecule has 1 aromatic heterocycles. The number of rotatable bonds is 9. The van der Waals surface area contributed by atoms with Gasteiger partial charge in [-0.2, -0.15) is 5.10 Å². The minimum atomic E-state index is -3.77. The van der Waals surface area contributed by atoms with Crippen LogP contribution in [-0.4, -0.2) is 30.7 Å². The summed E-state index contributed by atoms with van der Waals surface area (Å²) in [4.78, 5) is 12.8. The maximum absolute atomic E-state index is 12.9. The molecule has 1 amide bonds. The van der Waals surface area contributed by atoms with Gasteiger partial charge in [0.05, 0.1) is 16.8 Å². The number of hydrogen-bond donors (Lipinski definition) is 2. The molecule has 8 heteroatoms. The first-order valence-corrected chi connectivity index (χ1v) is 12.4. The molecule has 0 unspecified atom stereocenters. The van der Waals surface area contributed by atoms with Crippen LogP contribution in [0.4, 0.5) is 0 Å². The standard InChI is InChI=1S/C26H26N4O3S/c1-20-12-13-23(16-25(20)34(32,33)29-18-21-8-4-2-5-9-21)26(31)27-15-14-22-17-28-30(19-22)24-10-6-3-7-11-24/h2-13,16-17,19,29H,14-15,18H2,1H3,(H,27,31). The zero-order valence-corrected chi connectivity index (χ0v) is 19.6. The molecule has 0 bridgehead atoms. The van der Waals surface area contributed by atoms with Gasteiger partial charge in [0.15, 0.2) is 0 Å². The first-order chi connectivity index (χ1) is 16.4. The van der Waals surface area contributed by atoms with Crippen LogP contribution in [0.3, 0.4) is 0 Å². The number of aromatic nitrogens is 2. The Kier molecular flexibility index (Phi) is 7.20. The Balaban J connectivity index is 1.37. The minimum Gasteiger partial charge on any atom is -0.352 e. The number of carbonyl (C=O) groups excluding carboxylic acids is 1. The van der Waals surface area contributed by atoms with Crippen LogP contribution in [0.1, 0.15) is 27.0 Å². The van der Waals surface area contributed by atoms with Crippen LogP contribution in [0.25, 0.3) is 5.69 Å². The largest absolute Gasteiger partial charge is 0.352 e. The maximum atomic E-state index is 12.9. The van der Waals surface area contributed by atoms with Gasteiger partial charge in [-0.1, -0.05) is 54.6 Å². The molecule has 4 aromatic rings. The van der Waals surface area contributed by atoms with Gasteiger partial charge in [0.1, 0.15) is 0 Å². The van der Waals surface area contributed by atoms with Crippen molar-refractivity contribution in [3.05, 3.63) is 114 Å². The van der Waals surface area contributed by atoms with E-state index in [1.165, 1.54) is 6.07 Å². The Hall–Kier alpha value is -3.75. The van der Waals surface area contributed by atoms with E-state index in [4.69, 9.17) is 0 Å². The highest BCUT2D eigenvalue weighted by Gasteiger charge is 2.19. The summed E-state index contributed by atoms with van der Waals surface area (Å²) >= 11 is 0. The van der Waals surface area contributed by atoms with Crippen LogP contribution in [-0.2, 0) is 23.0 Å². The Labute approximate surface area is 199 Å². The van der Waals surface area contributed by atoms with Gasteiger partial charge >= 0.3 is 0 Å². The summed E-state index contributed by atoms with van der Waals surface area (Å²) in [7, 11) is -3.77. The van der Waals surface area contributed by atoms with Crippen molar-refractivity contribution in [1.29, 1.82) is 0 Å². The molecule has 3 aromatic carbocycles. The van der Waals surface area contributed by atoms with Crippen LogP contribution in [0.5, 0.6) is 0 Å². The second-order valence-corrected chi connectivity index (χ2v) is 9.66. The number of aryl methyl sites for hydroxylation is 1. The van der Waals surface area contributed by atoms with E-state index in [9.17, 15) is 13.2 Å². The fourth-order valence-corrected chi connectivity index (χ4v) is 4.80. The third-order valence-electron chi connectivity index (χ3n) is 5.41. The van der Waals surface area contributed by atoms with Gasteiger partial charge < -0.3 is 5.32 Å². The van der Waals surface area contributed by atoms with Gasteiger partial charge in [0.25, 0.3) is 5.91 Å². The Morgan fingerprint density at radius 2 is 1.65 bits per heavy atom. The van der Waals surface area contributed by atoms with Crippen LogP contribution in [0, 0.1) is 6.92 Å². The molecule has 0 aliphatic heterocycles. The number of benzene rings is 3. The molecule has 0 aliphatic carbocycles. The summed E-state index contributed by atoms with van der Waals surface area (Å²) in [6.07, 6.45) is 4.30. The number of sulfonamides is 1. The summed E-state index contributed by atoms with van der Waals surface area (Å²) in [6.45, 7) is 2.29. The van der Waals surface area contributed by atoms with Gasteiger partial charge in [-0.3, -0.25) is 4.79 Å². The third-order valence-corrected chi connectivity index (χ3v) is 6.95. The van der Waals surface area contributed by atoms with Crippen molar-refractivity contribution in [3.8, 4) is 5.69 Å². The lowest BCUT2D eigenvalue weighted by Gasteiger charge is -2.11. The highest BCUT2D eigenvalue weighted by Crippen LogP contribution is 2.18. The smallest absolute Gasteiger partial charge is 0.251 e. The van der Waals surface area contributed by atoms with E-state index in [-0.39, 0.29) is 17.3 Å². The van der Waals surface area contributed by atoms with E-state index in [0.717, 1.165) is 16.8 Å². The van der Waals surface area contributed by atoms with Gasteiger partial charge in [-0.05, 0) is 54.3 Å². The molecule has 0 aliphatic rings. The van der Waals surface area contributed by atoms with Gasteiger partial charge in [0, 0.05) is 24.8 Å². The van der Waals surface area contributed by atoms with Crippen molar-refractivity contribution >= 4 is 15.9 Å². The van der Waals surface area contributed by atoms with E-state index >= 15 is 0 Å². The summed E-state index contributed by atoms with van der Waals surface area (Å²) in [5.74, 6) is -0.324. The number of amides is 1. The normalized spacial score (nSPS) is 11.3. The molecule has 0 saturated carbocycles. The SMILES string of the molecule is Cc1ccc(C(=O)NCCc2cnn(-c3ccccc3)c2)cc1S(=O)(=O)NCc1ccccc1. The molecule has 0 radical (unpaired) electrons. The van der Waals surface area contributed by atoms with E-state index in [2.05, 4.69) is 15.1 Å². The van der Waals surface area contributed by atoms with E-state index < -0.39 is 10.0 Å². The van der Waals surface area contributed by atoms with Gasteiger partial charge in [0.2, 0.25) is 10.0 Å². The molecule has 0 saturated heterocycles. The fourth-order valence-electron chi connectivity index (χ4n) is 3.52. The topological polar surface area (TPSA) is 93.1 Å². The second-order valence-electron chi connectivity index (χ2n) is 7.93. The van der Waals surface area contributed by atoms with Gasteiger partial charge in [-0.15, -0.1) is 0 Å². The van der Waals surface area contributed by atoms with E-state index in [1.807, 2.05) is 66.9 Å². The number of para-hydroxylation sites is 1. The van der Waals surface area contributed by atoms with Crippen molar-refractivity contribution in [3.63, 3.8) is 0 Å². The van der Waals surface area contributed by atoms with Crippen molar-refractivity contribution < 1.29 is 13.2 Å². The fraction of sp³-hybridized carbons (Fsp3) is 0.154. The summed E-state index contributed by atoms with van der Waals surface area (Å²) < 4.78 is 30.1. The lowest BCUT2D eigenvalue weighted by atomic mass is 10.1. The predicted molar refractivity (Wildman–Crippen MR) is 131 cm³/mol. The zero-order chi connectivity index (χ0) is 24.0. The van der Waals surface area contributed by atoms with Crippen molar-refractivity contribution in [1.82, 2.24) is 19.8 Å². The number of carbonyl (C=O) groups is 1. The summed E-state index contributed by atoms with van der Waals surface area (Å²) in [5.41, 5.74) is 3.68. The lowest BCUT2D eigenvalue weighted by molar-refractivity contribution is 0.0954. The Morgan fingerprint density at radius 1 is 0.941 bits per heavy atom. The van der Waals surface area contributed by atoms with Crippen molar-refractivity contribution in [2.24, 2.45) is 0 Å². The minimum absolute atomic E-state index is 0.0974. The summed E-state index contributed by atoms with van der Waals surface area (Å²) in [6, 6.07) is 23.8. The average Bonchev–Trinajstić information content (AvgIpc) is 3.33. The van der Waals surface area contributed by atoms with Crippen molar-refractivity contribution in [2.75, 3.05) is 6.54 Å². The quantitative estimate of drug-likeness (QED) is 0.387. The average molecular weight is 475 g/mol. The predicted octanol–water partition coefficient (Wildman–Crippen LogP) is 3.63. The molecule has 0 fully saturated rings. The van der Waals surface area contributed by atoms with Crippen LogP contribution < -0.4 is 10.0 Å². The molecular weight excluding hydrogens is 448 g/mol. The second kappa shape index (κ2) is 10.5. The number of nitrogens with one attached hydrogen (secondary N) is 2. The maximum Gasteiger partial charge on any atom is 0.251 e. The molecule has 4 rings (SSSR count). The first kappa shape index (κ1) is 23.4. The highest BCUT2D eigenvalue weighted by molar-refractivity contribution is 7.89. The monoisotopic (exact) mass is 474 g/mol. The molecule has 2 N–H and O–H groups in total. The van der Waals surface area contributed by atoms with Crippen LogP contribution in [0.15, 0.2) is 96.2 Å². The molecule has 7 nitrogen and oxygen atoms in total. The zero-order valence-electron chi connectivity index (χ0n) is 18.8. The molecule has 34 heavy (non-hydrogen) atoms. The molecular formula is C26H26N4O3S. The Bertz CT molecular complexity index is 1370. The van der Waals surface area contributed by atoms with Crippen molar-refractivity contribution in [2.45, 2.75) is 24.8 Å². The molecule has 1 heterocycles. The highest BCUT2D eigenvalue weighted by atomic mass is 32.2. The van der Waals surface area contributed by atoms with Gasteiger partial charge in [-0.25, -0.2) is 17.8 Å². The Morgan fingerprint density at radius 3 is 2.38 bits per heavy atom. The van der Waals surface area contributed by atoms with Crippen LogP contribution >= 0.6 is 0 Å². The van der Waals surface area contributed by atoms with E-state index in [0.29, 0.717) is 24.1 Å².